The molecule has 0 unspecified atom stereocenters. The van der Waals surface area contributed by atoms with Gasteiger partial charge in [-0.2, -0.15) is 0 Å². The fourth-order valence-electron chi connectivity index (χ4n) is 4.51. The number of aryl methyl sites for hydroxylation is 1. The van der Waals surface area contributed by atoms with Crippen LogP contribution in [0.1, 0.15) is 16.7 Å². The minimum Gasteiger partial charge on any atom is -0.493 e. The zero-order chi connectivity index (χ0) is 27.1. The summed E-state index contributed by atoms with van der Waals surface area (Å²) in [5.74, 6) is 1.40. The van der Waals surface area contributed by atoms with Gasteiger partial charge in [0.2, 0.25) is 0 Å². The third-order valence-corrected chi connectivity index (χ3v) is 7.59. The first-order valence-corrected chi connectivity index (χ1v) is 13.5. The van der Waals surface area contributed by atoms with E-state index >= 15 is 0 Å². The van der Waals surface area contributed by atoms with Crippen molar-refractivity contribution in [3.8, 4) is 11.5 Å². The van der Waals surface area contributed by atoms with Gasteiger partial charge in [0.1, 0.15) is 0 Å². The number of hydrogen-bond acceptors (Lipinski definition) is 6. The molecule has 0 amide bonds. The zero-order valence-corrected chi connectivity index (χ0v) is 23.7. The predicted molar refractivity (Wildman–Crippen MR) is 156 cm³/mol. The summed E-state index contributed by atoms with van der Waals surface area (Å²) >= 11 is 12.1. The van der Waals surface area contributed by atoms with Crippen molar-refractivity contribution in [2.45, 2.75) is 19.9 Å². The molecule has 2 heterocycles. The van der Waals surface area contributed by atoms with Gasteiger partial charge in [0, 0.05) is 48.8 Å². The van der Waals surface area contributed by atoms with Crippen LogP contribution in [0.5, 0.6) is 11.5 Å². The molecule has 38 heavy (non-hydrogen) atoms. The SMILES string of the molecule is COc1ccc(CCNC(=S)N(CCN2CCOCC2)Cc2cc3cc(C)c(Cl)cc3[nH]c2=O)cc1OC. The van der Waals surface area contributed by atoms with Crippen LogP contribution in [0, 0.1) is 6.92 Å². The second-order valence-corrected chi connectivity index (χ2v) is 10.2. The Bertz CT molecular complexity index is 1330. The number of nitrogens with zero attached hydrogens (tertiary/aromatic N) is 2. The van der Waals surface area contributed by atoms with Crippen molar-refractivity contribution in [1.29, 1.82) is 0 Å². The zero-order valence-electron chi connectivity index (χ0n) is 22.1. The van der Waals surface area contributed by atoms with Crippen molar-refractivity contribution in [2.24, 2.45) is 0 Å². The summed E-state index contributed by atoms with van der Waals surface area (Å²) in [5, 5.41) is 5.59. The molecule has 204 valence electrons. The second kappa shape index (κ2) is 13.3. The van der Waals surface area contributed by atoms with Crippen LogP contribution in [-0.2, 0) is 17.7 Å². The molecular formula is C28H35ClN4O4S. The first-order valence-electron chi connectivity index (χ1n) is 12.7. The van der Waals surface area contributed by atoms with E-state index < -0.39 is 0 Å². The van der Waals surface area contributed by atoms with E-state index in [-0.39, 0.29) is 5.56 Å². The molecule has 10 heteroatoms. The number of aromatic amines is 1. The third kappa shape index (κ3) is 7.17. The Hall–Kier alpha value is -2.85. The fourth-order valence-corrected chi connectivity index (χ4v) is 4.93. The monoisotopic (exact) mass is 558 g/mol. The van der Waals surface area contributed by atoms with Crippen LogP contribution in [0.3, 0.4) is 0 Å². The number of hydrogen-bond donors (Lipinski definition) is 2. The summed E-state index contributed by atoms with van der Waals surface area (Å²) in [6, 6.07) is 11.6. The van der Waals surface area contributed by atoms with Gasteiger partial charge < -0.3 is 29.4 Å². The summed E-state index contributed by atoms with van der Waals surface area (Å²) in [4.78, 5) is 20.4. The van der Waals surface area contributed by atoms with Gasteiger partial charge in [-0.25, -0.2) is 0 Å². The number of pyridine rings is 1. The van der Waals surface area contributed by atoms with E-state index in [1.54, 1.807) is 20.3 Å². The number of thiocarbonyl (C=S) groups is 1. The number of morpholine rings is 1. The molecule has 0 atom stereocenters. The van der Waals surface area contributed by atoms with Crippen molar-refractivity contribution in [1.82, 2.24) is 20.1 Å². The number of aromatic nitrogens is 1. The Labute approximate surface area is 233 Å². The van der Waals surface area contributed by atoms with E-state index in [0.717, 1.165) is 61.3 Å². The van der Waals surface area contributed by atoms with E-state index in [2.05, 4.69) is 20.1 Å². The van der Waals surface area contributed by atoms with E-state index in [0.29, 0.717) is 46.8 Å². The number of benzene rings is 2. The lowest BCUT2D eigenvalue weighted by Crippen LogP contribution is -2.46. The maximum absolute atomic E-state index is 13.0. The number of fused-ring (bicyclic) bond motifs is 1. The number of H-pyrrole nitrogens is 1. The minimum absolute atomic E-state index is 0.137. The molecule has 1 aliphatic heterocycles. The van der Waals surface area contributed by atoms with Gasteiger partial charge in [0.15, 0.2) is 16.6 Å². The molecule has 0 bridgehead atoms. The molecule has 1 aromatic heterocycles. The van der Waals surface area contributed by atoms with Gasteiger partial charge in [-0.05, 0) is 72.4 Å². The molecule has 4 rings (SSSR count). The standard InChI is InChI=1S/C28H35ClN4O4S/c1-19-14-21-16-22(27(34)31-24(21)17-23(19)29)18-33(9-8-32-10-12-37-13-11-32)28(38)30-7-6-20-4-5-25(35-2)26(15-20)36-3/h4-5,14-17H,6-13,18H2,1-3H3,(H,30,38)(H,31,34). The molecule has 1 aliphatic rings. The Morgan fingerprint density at radius 2 is 1.92 bits per heavy atom. The lowest BCUT2D eigenvalue weighted by molar-refractivity contribution is 0.0357. The Morgan fingerprint density at radius 1 is 1.16 bits per heavy atom. The molecule has 0 radical (unpaired) electrons. The van der Waals surface area contributed by atoms with Crippen molar-refractivity contribution >= 4 is 39.8 Å². The van der Waals surface area contributed by atoms with Crippen LogP contribution in [-0.4, -0.2) is 80.1 Å². The van der Waals surface area contributed by atoms with Gasteiger partial charge in [0.05, 0.1) is 34.0 Å². The maximum atomic E-state index is 13.0. The molecule has 8 nitrogen and oxygen atoms in total. The number of halogens is 1. The van der Waals surface area contributed by atoms with Crippen LogP contribution in [0.4, 0.5) is 0 Å². The fraction of sp³-hybridized carbons (Fsp3) is 0.429. The smallest absolute Gasteiger partial charge is 0.253 e. The Morgan fingerprint density at radius 3 is 2.66 bits per heavy atom. The number of ether oxygens (including phenoxy) is 3. The average molecular weight is 559 g/mol. The highest BCUT2D eigenvalue weighted by atomic mass is 35.5. The van der Waals surface area contributed by atoms with Gasteiger partial charge in [-0.15, -0.1) is 0 Å². The quantitative estimate of drug-likeness (QED) is 0.364. The first-order chi connectivity index (χ1) is 18.4. The van der Waals surface area contributed by atoms with Crippen LogP contribution in [0.2, 0.25) is 5.02 Å². The molecule has 2 aromatic carbocycles. The molecule has 3 aromatic rings. The molecule has 2 N–H and O–H groups in total. The molecule has 1 saturated heterocycles. The highest BCUT2D eigenvalue weighted by molar-refractivity contribution is 7.80. The van der Waals surface area contributed by atoms with E-state index in [1.807, 2.05) is 37.3 Å². The van der Waals surface area contributed by atoms with E-state index in [1.165, 1.54) is 0 Å². The lowest BCUT2D eigenvalue weighted by Gasteiger charge is -2.31. The minimum atomic E-state index is -0.137. The normalized spacial score (nSPS) is 13.9. The van der Waals surface area contributed by atoms with Crippen LogP contribution in [0.15, 0.2) is 41.2 Å². The van der Waals surface area contributed by atoms with Crippen molar-refractivity contribution in [3.05, 3.63) is 68.5 Å². The number of methoxy groups -OCH3 is 2. The molecule has 0 aliphatic carbocycles. The molecular weight excluding hydrogens is 524 g/mol. The lowest BCUT2D eigenvalue weighted by atomic mass is 10.1. The third-order valence-electron chi connectivity index (χ3n) is 6.78. The summed E-state index contributed by atoms with van der Waals surface area (Å²) in [5.41, 5.74) is 3.32. The average Bonchev–Trinajstić information content (AvgIpc) is 2.92. The van der Waals surface area contributed by atoms with Gasteiger partial charge in [0.25, 0.3) is 5.56 Å². The number of rotatable bonds is 10. The van der Waals surface area contributed by atoms with E-state index in [4.69, 9.17) is 38.0 Å². The summed E-state index contributed by atoms with van der Waals surface area (Å²) in [6.45, 7) is 7.79. The second-order valence-electron chi connectivity index (χ2n) is 9.36. The highest BCUT2D eigenvalue weighted by Crippen LogP contribution is 2.27. The van der Waals surface area contributed by atoms with Crippen LogP contribution in [0.25, 0.3) is 10.9 Å². The Kier molecular flexibility index (Phi) is 9.85. The molecule has 1 fully saturated rings. The topological polar surface area (TPSA) is 79.1 Å². The van der Waals surface area contributed by atoms with Crippen molar-refractivity contribution in [2.75, 3.05) is 60.2 Å². The number of nitrogens with one attached hydrogen (secondary N) is 2. The predicted octanol–water partition coefficient (Wildman–Crippen LogP) is 3.76. The Balaban J connectivity index is 1.47. The summed E-state index contributed by atoms with van der Waals surface area (Å²) in [6.07, 6.45) is 0.758. The van der Waals surface area contributed by atoms with Gasteiger partial charge >= 0.3 is 0 Å². The molecule has 0 spiro atoms. The maximum Gasteiger partial charge on any atom is 0.253 e. The molecule has 0 saturated carbocycles. The summed E-state index contributed by atoms with van der Waals surface area (Å²) < 4.78 is 16.2. The largest absolute Gasteiger partial charge is 0.493 e. The highest BCUT2D eigenvalue weighted by Gasteiger charge is 2.17. The van der Waals surface area contributed by atoms with Gasteiger partial charge in [-0.3, -0.25) is 9.69 Å². The van der Waals surface area contributed by atoms with Crippen LogP contribution >= 0.6 is 23.8 Å². The summed E-state index contributed by atoms with van der Waals surface area (Å²) in [7, 11) is 3.26. The van der Waals surface area contributed by atoms with Crippen molar-refractivity contribution < 1.29 is 14.2 Å². The van der Waals surface area contributed by atoms with E-state index in [9.17, 15) is 4.79 Å². The van der Waals surface area contributed by atoms with Crippen LogP contribution < -0.4 is 20.3 Å². The first kappa shape index (κ1) is 28.2. The van der Waals surface area contributed by atoms with Crippen molar-refractivity contribution in [3.63, 3.8) is 0 Å². The van der Waals surface area contributed by atoms with Gasteiger partial charge in [-0.1, -0.05) is 17.7 Å².